The van der Waals surface area contributed by atoms with Crippen molar-refractivity contribution >= 4 is 29.4 Å². The van der Waals surface area contributed by atoms with Crippen molar-refractivity contribution in [2.75, 3.05) is 0 Å². The number of Topliss-reactive ketones (excluding diaryl/α,β-unsaturated/α-hetero) is 1. The molecule has 0 saturated heterocycles. The highest BCUT2D eigenvalue weighted by Crippen LogP contribution is 2.08. The number of hydrogen-bond acceptors (Lipinski definition) is 5. The third kappa shape index (κ3) is 9.02. The van der Waals surface area contributed by atoms with Crippen LogP contribution in [-0.2, 0) is 43.4 Å². The van der Waals surface area contributed by atoms with E-state index in [0.717, 1.165) is 16.7 Å². The minimum atomic E-state index is -1.19. The summed E-state index contributed by atoms with van der Waals surface area (Å²) in [4.78, 5) is 62.8. The molecule has 2 atom stereocenters. The Morgan fingerprint density at radius 3 is 1.61 bits per heavy atom. The van der Waals surface area contributed by atoms with Crippen LogP contribution in [0, 0.1) is 0 Å². The summed E-state index contributed by atoms with van der Waals surface area (Å²) < 4.78 is 0. The molecule has 38 heavy (non-hydrogen) atoms. The van der Waals surface area contributed by atoms with Crippen LogP contribution in [0.2, 0.25) is 0 Å². The number of carbonyl (C=O) groups excluding carboxylic acids is 5. The van der Waals surface area contributed by atoms with E-state index < -0.39 is 47.9 Å². The highest BCUT2D eigenvalue weighted by molar-refractivity contribution is 6.38. The fraction of sp³-hybridized carbons (Fsp3) is 0.207. The van der Waals surface area contributed by atoms with Gasteiger partial charge in [-0.2, -0.15) is 0 Å². The lowest BCUT2D eigenvalue weighted by Crippen LogP contribution is -2.55. The van der Waals surface area contributed by atoms with Gasteiger partial charge in [-0.15, -0.1) is 0 Å². The number of benzene rings is 3. The van der Waals surface area contributed by atoms with E-state index in [1.807, 2.05) is 42.5 Å². The van der Waals surface area contributed by atoms with Crippen LogP contribution in [0.15, 0.2) is 91.0 Å². The molecule has 0 saturated carbocycles. The van der Waals surface area contributed by atoms with Gasteiger partial charge in [0.15, 0.2) is 0 Å². The van der Waals surface area contributed by atoms with Gasteiger partial charge in [0.25, 0.3) is 5.91 Å². The van der Waals surface area contributed by atoms with Gasteiger partial charge in [0.1, 0.15) is 18.5 Å². The van der Waals surface area contributed by atoms with Crippen molar-refractivity contribution in [3.63, 3.8) is 0 Å². The molecule has 4 amide bonds. The largest absolute Gasteiger partial charge is 0.369 e. The predicted octanol–water partition coefficient (Wildman–Crippen LogP) is 1.20. The number of nitrogens with two attached hydrogens (primary N) is 1. The van der Waals surface area contributed by atoms with Gasteiger partial charge in [-0.1, -0.05) is 91.0 Å². The summed E-state index contributed by atoms with van der Waals surface area (Å²) in [6, 6.07) is 24.7. The lowest BCUT2D eigenvalue weighted by Gasteiger charge is -2.23. The van der Waals surface area contributed by atoms with Crippen LogP contribution in [-0.4, -0.2) is 41.5 Å². The molecule has 3 aromatic rings. The molecule has 0 bridgehead atoms. The van der Waals surface area contributed by atoms with E-state index in [1.54, 1.807) is 48.5 Å². The first kappa shape index (κ1) is 27.8. The van der Waals surface area contributed by atoms with Crippen molar-refractivity contribution in [3.8, 4) is 0 Å². The maximum atomic E-state index is 13.3. The summed E-state index contributed by atoms with van der Waals surface area (Å²) in [6.07, 6.45) is -0.423. The average Bonchev–Trinajstić information content (AvgIpc) is 2.92. The van der Waals surface area contributed by atoms with Crippen LogP contribution in [0.4, 0.5) is 0 Å². The van der Waals surface area contributed by atoms with E-state index in [0.29, 0.717) is 0 Å². The van der Waals surface area contributed by atoms with Gasteiger partial charge in [0.05, 0.1) is 0 Å². The van der Waals surface area contributed by atoms with Crippen LogP contribution in [0.25, 0.3) is 0 Å². The lowest BCUT2D eigenvalue weighted by atomic mass is 10.00. The molecule has 0 radical (unpaired) electrons. The van der Waals surface area contributed by atoms with Crippen molar-refractivity contribution in [1.29, 1.82) is 0 Å². The van der Waals surface area contributed by atoms with Gasteiger partial charge in [-0.25, -0.2) is 0 Å². The van der Waals surface area contributed by atoms with E-state index in [9.17, 15) is 24.0 Å². The fourth-order valence-electron chi connectivity index (χ4n) is 3.82. The Morgan fingerprint density at radius 1 is 0.632 bits per heavy atom. The molecule has 0 aromatic heterocycles. The molecular weight excluding hydrogens is 484 g/mol. The minimum Gasteiger partial charge on any atom is -0.369 e. The van der Waals surface area contributed by atoms with Crippen molar-refractivity contribution in [3.05, 3.63) is 108 Å². The molecule has 0 fully saturated rings. The number of rotatable bonds is 13. The lowest BCUT2D eigenvalue weighted by molar-refractivity contribution is -0.140. The standard InChI is InChI=1S/C29H30N4O5/c30-25(34)18-26(35)32-24(17-21-12-6-2-7-13-21)28(37)33-23(16-20-10-4-1-5-11-20)27(36)29(38)31-19-22-14-8-3-9-15-22/h1-15,23-24H,16-19H2,(H2,30,34)(H,31,38)(H,32,35)(H,33,37)/t23-,24-/m0/s1. The van der Waals surface area contributed by atoms with Crippen LogP contribution in [0.5, 0.6) is 0 Å². The molecule has 0 heterocycles. The smallest absolute Gasteiger partial charge is 0.289 e. The Kier molecular flexibility index (Phi) is 10.3. The predicted molar refractivity (Wildman–Crippen MR) is 141 cm³/mol. The molecule has 0 aliphatic heterocycles. The Hall–Kier alpha value is -4.79. The molecule has 3 aromatic carbocycles. The molecule has 3 rings (SSSR count). The van der Waals surface area contributed by atoms with Crippen LogP contribution < -0.4 is 21.7 Å². The maximum Gasteiger partial charge on any atom is 0.289 e. The maximum absolute atomic E-state index is 13.3. The number of carbonyl (C=O) groups is 5. The molecule has 0 aliphatic carbocycles. The third-order valence-corrected chi connectivity index (χ3v) is 5.70. The Morgan fingerprint density at radius 2 is 1.11 bits per heavy atom. The zero-order chi connectivity index (χ0) is 27.3. The van der Waals surface area contributed by atoms with Gasteiger partial charge in [-0.3, -0.25) is 24.0 Å². The van der Waals surface area contributed by atoms with Gasteiger partial charge < -0.3 is 21.7 Å². The van der Waals surface area contributed by atoms with Crippen LogP contribution >= 0.6 is 0 Å². The van der Waals surface area contributed by atoms with Gasteiger partial charge in [-0.05, 0) is 16.7 Å². The first-order valence-corrected chi connectivity index (χ1v) is 12.1. The molecule has 9 heteroatoms. The first-order valence-electron chi connectivity index (χ1n) is 12.1. The van der Waals surface area contributed by atoms with Crippen molar-refractivity contribution < 1.29 is 24.0 Å². The summed E-state index contributed by atoms with van der Waals surface area (Å²) in [7, 11) is 0. The normalized spacial score (nSPS) is 12.0. The molecule has 9 nitrogen and oxygen atoms in total. The van der Waals surface area contributed by atoms with Crippen LogP contribution in [0.3, 0.4) is 0 Å². The fourth-order valence-corrected chi connectivity index (χ4v) is 3.82. The second-order valence-corrected chi connectivity index (χ2v) is 8.74. The Labute approximate surface area is 220 Å². The van der Waals surface area contributed by atoms with E-state index in [2.05, 4.69) is 16.0 Å². The molecular formula is C29H30N4O5. The summed E-state index contributed by atoms with van der Waals surface area (Å²) in [6.45, 7) is 0.150. The quantitative estimate of drug-likeness (QED) is 0.200. The second-order valence-electron chi connectivity index (χ2n) is 8.74. The zero-order valence-electron chi connectivity index (χ0n) is 20.8. The third-order valence-electron chi connectivity index (χ3n) is 5.70. The molecule has 0 aliphatic rings. The SMILES string of the molecule is NC(=O)CC(=O)N[C@@H](Cc1ccccc1)C(=O)N[C@@H](Cc1ccccc1)C(=O)C(=O)NCc1ccccc1. The summed E-state index contributed by atoms with van der Waals surface area (Å²) in [5, 5.41) is 7.76. The molecule has 5 N–H and O–H groups in total. The summed E-state index contributed by atoms with van der Waals surface area (Å²) >= 11 is 0. The van der Waals surface area contributed by atoms with E-state index in [-0.39, 0.29) is 19.4 Å². The first-order chi connectivity index (χ1) is 18.3. The van der Waals surface area contributed by atoms with E-state index in [1.165, 1.54) is 0 Å². The monoisotopic (exact) mass is 514 g/mol. The zero-order valence-corrected chi connectivity index (χ0v) is 20.8. The van der Waals surface area contributed by atoms with Crippen LogP contribution in [0.1, 0.15) is 23.1 Å². The topological polar surface area (TPSA) is 147 Å². The molecule has 0 unspecified atom stereocenters. The van der Waals surface area contributed by atoms with Gasteiger partial charge in [0.2, 0.25) is 23.5 Å². The Bertz CT molecular complexity index is 1250. The summed E-state index contributed by atoms with van der Waals surface area (Å²) in [5.74, 6) is -3.89. The number of amides is 4. The highest BCUT2D eigenvalue weighted by atomic mass is 16.2. The number of nitrogens with one attached hydrogen (secondary N) is 3. The summed E-state index contributed by atoms with van der Waals surface area (Å²) in [5.41, 5.74) is 7.42. The second kappa shape index (κ2) is 14.1. The van der Waals surface area contributed by atoms with Gasteiger partial charge in [0, 0.05) is 19.4 Å². The minimum absolute atomic E-state index is 0.0669. The number of primary amides is 1. The van der Waals surface area contributed by atoms with E-state index >= 15 is 0 Å². The average molecular weight is 515 g/mol. The van der Waals surface area contributed by atoms with Crippen molar-refractivity contribution in [1.82, 2.24) is 16.0 Å². The highest BCUT2D eigenvalue weighted by Gasteiger charge is 2.30. The van der Waals surface area contributed by atoms with E-state index in [4.69, 9.17) is 5.73 Å². The van der Waals surface area contributed by atoms with Crippen molar-refractivity contribution in [2.45, 2.75) is 37.9 Å². The molecule has 0 spiro atoms. The number of hydrogen-bond donors (Lipinski definition) is 4. The van der Waals surface area contributed by atoms with Crippen molar-refractivity contribution in [2.24, 2.45) is 5.73 Å². The van der Waals surface area contributed by atoms with Gasteiger partial charge >= 0.3 is 0 Å². The molecule has 196 valence electrons. The Balaban J connectivity index is 1.78. The number of ketones is 1.